The van der Waals surface area contributed by atoms with Crippen molar-refractivity contribution < 1.29 is 14.0 Å². The summed E-state index contributed by atoms with van der Waals surface area (Å²) in [5.41, 5.74) is 2.33. The first-order valence-corrected chi connectivity index (χ1v) is 6.97. The number of furan rings is 1. The lowest BCUT2D eigenvalue weighted by Crippen LogP contribution is -2.33. The van der Waals surface area contributed by atoms with Crippen molar-refractivity contribution in [1.29, 1.82) is 0 Å². The number of amides is 2. The summed E-state index contributed by atoms with van der Waals surface area (Å²) in [6.07, 6.45) is 5.86. The van der Waals surface area contributed by atoms with Crippen molar-refractivity contribution in [2.45, 2.75) is 0 Å². The molecule has 0 aliphatic carbocycles. The van der Waals surface area contributed by atoms with Gasteiger partial charge in [-0.05, 0) is 29.7 Å². The van der Waals surface area contributed by atoms with Crippen LogP contribution >= 0.6 is 11.3 Å². The summed E-state index contributed by atoms with van der Waals surface area (Å²) in [6, 6.07) is 7.20. The molecule has 0 spiro atoms. The molecule has 0 fully saturated rings. The zero-order chi connectivity index (χ0) is 14.9. The predicted octanol–water partition coefficient (Wildman–Crippen LogP) is 1.62. The van der Waals surface area contributed by atoms with Crippen LogP contribution in [0.1, 0.15) is 10.6 Å². The standard InChI is InChI=1S/C14H13N3O3S/c18-13(6-5-11-3-1-7-20-11)15-10-14(19)17-16-9-12-4-2-8-21-12/h1-9H,10H2,(H,15,18)(H,17,19). The van der Waals surface area contributed by atoms with E-state index in [1.54, 1.807) is 18.3 Å². The van der Waals surface area contributed by atoms with Crippen LogP contribution in [0.25, 0.3) is 6.08 Å². The van der Waals surface area contributed by atoms with Crippen molar-refractivity contribution in [2.24, 2.45) is 5.10 Å². The molecular formula is C14H13N3O3S. The molecule has 0 aromatic carbocycles. The van der Waals surface area contributed by atoms with E-state index in [9.17, 15) is 9.59 Å². The maximum Gasteiger partial charge on any atom is 0.259 e. The van der Waals surface area contributed by atoms with Crippen LogP contribution in [0.3, 0.4) is 0 Å². The van der Waals surface area contributed by atoms with E-state index in [-0.39, 0.29) is 12.5 Å². The number of hydrazone groups is 1. The largest absolute Gasteiger partial charge is 0.465 e. The minimum Gasteiger partial charge on any atom is -0.465 e. The van der Waals surface area contributed by atoms with Crippen LogP contribution in [0.4, 0.5) is 0 Å². The highest BCUT2D eigenvalue weighted by Gasteiger charge is 2.01. The number of rotatable bonds is 6. The van der Waals surface area contributed by atoms with E-state index in [4.69, 9.17) is 4.42 Å². The summed E-state index contributed by atoms with van der Waals surface area (Å²) >= 11 is 1.51. The number of nitrogens with zero attached hydrogens (tertiary/aromatic N) is 1. The molecule has 2 aromatic rings. The molecule has 0 aliphatic rings. The third-order valence-corrected chi connectivity index (χ3v) is 3.10. The van der Waals surface area contributed by atoms with Gasteiger partial charge in [0.05, 0.1) is 19.0 Å². The summed E-state index contributed by atoms with van der Waals surface area (Å²) in [7, 11) is 0. The molecule has 2 N–H and O–H groups in total. The first kappa shape index (κ1) is 14.7. The number of hydrogen-bond donors (Lipinski definition) is 2. The Labute approximate surface area is 125 Å². The number of thiophene rings is 1. The van der Waals surface area contributed by atoms with Crippen LogP contribution in [0, 0.1) is 0 Å². The fourth-order valence-corrected chi connectivity index (χ4v) is 1.93. The van der Waals surface area contributed by atoms with Gasteiger partial charge in [-0.15, -0.1) is 11.3 Å². The summed E-state index contributed by atoms with van der Waals surface area (Å²) in [6.45, 7) is -0.150. The number of nitrogens with one attached hydrogen (secondary N) is 2. The van der Waals surface area contributed by atoms with Crippen LogP contribution in [-0.4, -0.2) is 24.6 Å². The molecule has 0 unspecified atom stereocenters. The van der Waals surface area contributed by atoms with Gasteiger partial charge in [0.15, 0.2) is 0 Å². The van der Waals surface area contributed by atoms with Gasteiger partial charge in [-0.1, -0.05) is 6.07 Å². The van der Waals surface area contributed by atoms with Crippen molar-refractivity contribution in [3.8, 4) is 0 Å². The molecule has 7 heteroatoms. The van der Waals surface area contributed by atoms with E-state index < -0.39 is 5.91 Å². The van der Waals surface area contributed by atoms with Crippen molar-refractivity contribution in [3.63, 3.8) is 0 Å². The second-order valence-electron chi connectivity index (χ2n) is 3.88. The minimum absolute atomic E-state index is 0.150. The first-order chi connectivity index (χ1) is 10.2. The van der Waals surface area contributed by atoms with Gasteiger partial charge in [-0.2, -0.15) is 5.10 Å². The van der Waals surface area contributed by atoms with E-state index in [1.807, 2.05) is 17.5 Å². The summed E-state index contributed by atoms with van der Waals surface area (Å²) in [4.78, 5) is 23.8. The van der Waals surface area contributed by atoms with Gasteiger partial charge in [0.1, 0.15) is 5.76 Å². The molecule has 0 radical (unpaired) electrons. The van der Waals surface area contributed by atoms with E-state index in [2.05, 4.69) is 15.8 Å². The molecule has 2 aromatic heterocycles. The summed E-state index contributed by atoms with van der Waals surface area (Å²) in [5.74, 6) is -0.221. The highest BCUT2D eigenvalue weighted by Crippen LogP contribution is 2.04. The SMILES string of the molecule is O=C(C=Cc1ccco1)NCC(=O)NN=Cc1cccs1. The van der Waals surface area contributed by atoms with Crippen LogP contribution < -0.4 is 10.7 Å². The normalized spacial score (nSPS) is 11.0. The maximum absolute atomic E-state index is 11.4. The Hall–Kier alpha value is -2.67. The summed E-state index contributed by atoms with van der Waals surface area (Å²) in [5, 5.41) is 8.13. The van der Waals surface area contributed by atoms with Gasteiger partial charge < -0.3 is 9.73 Å². The van der Waals surface area contributed by atoms with Crippen LogP contribution in [0.2, 0.25) is 0 Å². The molecule has 0 atom stereocenters. The topological polar surface area (TPSA) is 83.7 Å². The van der Waals surface area contributed by atoms with Gasteiger partial charge in [-0.25, -0.2) is 5.43 Å². The maximum atomic E-state index is 11.4. The van der Waals surface area contributed by atoms with Crippen molar-refractivity contribution in [3.05, 3.63) is 52.6 Å². The second-order valence-corrected chi connectivity index (χ2v) is 4.85. The van der Waals surface area contributed by atoms with Gasteiger partial charge in [0.25, 0.3) is 5.91 Å². The van der Waals surface area contributed by atoms with Crippen molar-refractivity contribution in [1.82, 2.24) is 10.7 Å². The highest BCUT2D eigenvalue weighted by atomic mass is 32.1. The Balaban J connectivity index is 1.67. The Bertz CT molecular complexity index is 630. The Morgan fingerprint density at radius 2 is 2.24 bits per heavy atom. The third kappa shape index (κ3) is 5.45. The summed E-state index contributed by atoms with van der Waals surface area (Å²) < 4.78 is 5.03. The fraction of sp³-hybridized carbons (Fsp3) is 0.0714. The monoisotopic (exact) mass is 303 g/mol. The lowest BCUT2D eigenvalue weighted by atomic mass is 10.4. The third-order valence-electron chi connectivity index (χ3n) is 2.29. The molecule has 108 valence electrons. The van der Waals surface area contributed by atoms with Gasteiger partial charge in [-0.3, -0.25) is 9.59 Å². The molecule has 0 bridgehead atoms. The lowest BCUT2D eigenvalue weighted by molar-refractivity contribution is -0.123. The predicted molar refractivity (Wildman–Crippen MR) is 80.8 cm³/mol. The zero-order valence-electron chi connectivity index (χ0n) is 11.0. The zero-order valence-corrected chi connectivity index (χ0v) is 11.8. The Morgan fingerprint density at radius 3 is 2.95 bits per heavy atom. The average Bonchev–Trinajstić information content (AvgIpc) is 3.16. The molecule has 0 aliphatic heterocycles. The van der Waals surface area contributed by atoms with Gasteiger partial charge in [0, 0.05) is 11.0 Å². The van der Waals surface area contributed by atoms with Crippen LogP contribution in [0.5, 0.6) is 0 Å². The van der Waals surface area contributed by atoms with Gasteiger partial charge >= 0.3 is 0 Å². The van der Waals surface area contributed by atoms with E-state index >= 15 is 0 Å². The molecule has 6 nitrogen and oxygen atoms in total. The molecule has 0 saturated heterocycles. The number of carbonyl (C=O) groups is 2. The molecular weight excluding hydrogens is 290 g/mol. The van der Waals surface area contributed by atoms with E-state index in [0.29, 0.717) is 5.76 Å². The van der Waals surface area contributed by atoms with E-state index in [0.717, 1.165) is 4.88 Å². The minimum atomic E-state index is -0.400. The number of carbonyl (C=O) groups excluding carboxylic acids is 2. The molecule has 2 amide bonds. The van der Waals surface area contributed by atoms with E-state index in [1.165, 1.54) is 29.8 Å². The quantitative estimate of drug-likeness (QED) is 0.483. The molecule has 2 heterocycles. The smallest absolute Gasteiger partial charge is 0.259 e. The van der Waals surface area contributed by atoms with Crippen LogP contribution in [-0.2, 0) is 9.59 Å². The molecule has 21 heavy (non-hydrogen) atoms. The van der Waals surface area contributed by atoms with Crippen molar-refractivity contribution in [2.75, 3.05) is 6.54 Å². The van der Waals surface area contributed by atoms with Gasteiger partial charge in [0.2, 0.25) is 5.91 Å². The average molecular weight is 303 g/mol. The fourth-order valence-electron chi connectivity index (χ4n) is 1.34. The molecule has 2 rings (SSSR count). The lowest BCUT2D eigenvalue weighted by Gasteiger charge is -2.00. The molecule has 0 saturated carbocycles. The first-order valence-electron chi connectivity index (χ1n) is 6.09. The Kier molecular flexibility index (Phi) is 5.48. The Morgan fingerprint density at radius 1 is 1.33 bits per heavy atom. The van der Waals surface area contributed by atoms with Crippen molar-refractivity contribution >= 4 is 35.4 Å². The number of hydrogen-bond acceptors (Lipinski definition) is 5. The highest BCUT2D eigenvalue weighted by molar-refractivity contribution is 7.11. The van der Waals surface area contributed by atoms with Crippen LogP contribution in [0.15, 0.2) is 51.5 Å². The second kappa shape index (κ2) is 7.81.